The molecule has 9 nitrogen and oxygen atoms in total. The molecule has 3 aromatic rings. The van der Waals surface area contributed by atoms with Crippen LogP contribution in [0.2, 0.25) is 0 Å². The van der Waals surface area contributed by atoms with E-state index < -0.39 is 58.3 Å². The molecule has 0 fully saturated rings. The number of rotatable bonds is 3. The van der Waals surface area contributed by atoms with Crippen LogP contribution in [0.3, 0.4) is 0 Å². The van der Waals surface area contributed by atoms with Gasteiger partial charge in [-0.25, -0.2) is 0 Å². The molecule has 4 rings (SSSR count). The molecule has 0 saturated heterocycles. The molecule has 0 saturated carbocycles. The van der Waals surface area contributed by atoms with Crippen molar-refractivity contribution >= 4 is 42.7 Å². The summed E-state index contributed by atoms with van der Waals surface area (Å²) in [5, 5.41) is 0.579. The second-order valence-electron chi connectivity index (χ2n) is 6.36. The number of ketones is 2. The van der Waals surface area contributed by atoms with Crippen LogP contribution in [0.1, 0.15) is 26.4 Å². The van der Waals surface area contributed by atoms with Gasteiger partial charge in [-0.2, -0.15) is 16.8 Å². The summed E-state index contributed by atoms with van der Waals surface area (Å²) in [6.45, 7) is 0. The minimum absolute atomic E-state index is 0.250. The van der Waals surface area contributed by atoms with Gasteiger partial charge in [0, 0.05) is 10.9 Å². The Hall–Kier alpha value is -2.99. The van der Waals surface area contributed by atoms with Crippen LogP contribution < -0.4 is 0 Å². The van der Waals surface area contributed by atoms with Crippen LogP contribution in [0.25, 0.3) is 10.9 Å². The molecular formula is C18H11NO8S2. The highest BCUT2D eigenvalue weighted by Crippen LogP contribution is 2.45. The summed E-state index contributed by atoms with van der Waals surface area (Å²) in [6, 6.07) is 12.0. The molecular weight excluding hydrogens is 422 g/mol. The maximum Gasteiger partial charge on any atom is 0.295 e. The second-order valence-corrected chi connectivity index (χ2v) is 9.31. The largest absolute Gasteiger partial charge is 0.295 e. The number of fused-ring (bicyclic) bond motifs is 2. The minimum atomic E-state index is -5.45. The van der Waals surface area contributed by atoms with Gasteiger partial charge in [0.1, 0.15) is 4.90 Å². The summed E-state index contributed by atoms with van der Waals surface area (Å²) in [5.41, 5.74) is -1.70. The maximum atomic E-state index is 13.2. The van der Waals surface area contributed by atoms with Gasteiger partial charge in [-0.05, 0) is 18.2 Å². The maximum absolute atomic E-state index is 13.2. The van der Waals surface area contributed by atoms with Gasteiger partial charge in [0.2, 0.25) is 11.6 Å². The molecule has 1 aliphatic carbocycles. The Labute approximate surface area is 164 Å². The van der Waals surface area contributed by atoms with E-state index in [1.165, 1.54) is 12.1 Å². The van der Waals surface area contributed by atoms with E-state index in [9.17, 15) is 35.5 Å². The van der Waals surface area contributed by atoms with Crippen molar-refractivity contribution in [1.29, 1.82) is 0 Å². The van der Waals surface area contributed by atoms with Crippen LogP contribution in [0.4, 0.5) is 0 Å². The molecule has 1 atom stereocenters. The molecule has 1 aromatic heterocycles. The highest BCUT2D eigenvalue weighted by atomic mass is 32.2. The third kappa shape index (κ3) is 2.55. The van der Waals surface area contributed by atoms with Crippen molar-refractivity contribution in [2.45, 2.75) is 9.64 Å². The zero-order valence-electron chi connectivity index (χ0n) is 14.3. The fourth-order valence-corrected chi connectivity index (χ4v) is 5.27. The smallest absolute Gasteiger partial charge is 0.291 e. The molecule has 2 N–H and O–H groups in total. The third-order valence-corrected chi connectivity index (χ3v) is 7.01. The van der Waals surface area contributed by atoms with Gasteiger partial charge in [-0.1, -0.05) is 36.4 Å². The van der Waals surface area contributed by atoms with Gasteiger partial charge in [0.05, 0.1) is 16.8 Å². The minimum Gasteiger partial charge on any atom is -0.291 e. The third-order valence-electron chi connectivity index (χ3n) is 4.76. The number of nitrogens with zero attached hydrogens (tertiary/aromatic N) is 1. The van der Waals surface area contributed by atoms with Gasteiger partial charge < -0.3 is 0 Å². The van der Waals surface area contributed by atoms with Crippen molar-refractivity contribution in [2.24, 2.45) is 0 Å². The average molecular weight is 433 g/mol. The summed E-state index contributed by atoms with van der Waals surface area (Å²) < 4.78 is 64.4. The molecule has 0 spiro atoms. The van der Waals surface area contributed by atoms with E-state index in [2.05, 4.69) is 4.98 Å². The first-order valence-electron chi connectivity index (χ1n) is 8.03. The lowest BCUT2D eigenvalue weighted by Crippen LogP contribution is -2.46. The van der Waals surface area contributed by atoms with Crippen LogP contribution >= 0.6 is 0 Å². The summed E-state index contributed by atoms with van der Waals surface area (Å²) >= 11 is 0. The molecule has 2 aromatic carbocycles. The van der Waals surface area contributed by atoms with Gasteiger partial charge in [-0.15, -0.1) is 0 Å². The van der Waals surface area contributed by atoms with Crippen molar-refractivity contribution in [2.75, 3.05) is 0 Å². The number of carbonyl (C=O) groups excluding carboxylic acids is 2. The van der Waals surface area contributed by atoms with Gasteiger partial charge in [0.25, 0.3) is 25.0 Å². The van der Waals surface area contributed by atoms with E-state index in [0.29, 0.717) is 5.39 Å². The van der Waals surface area contributed by atoms with Gasteiger partial charge >= 0.3 is 0 Å². The van der Waals surface area contributed by atoms with Crippen LogP contribution in [0.5, 0.6) is 0 Å². The standard InChI is InChI=1S/C18H11NO8S2/c20-16-11-5-3-7-13(28(22,23)24)15(11)17(21)18(16,29(25,26)27)14-9-8-10-4-1-2-6-12(10)19-14/h1-9H,(H,22,23,24)(H,25,26,27). The molecule has 148 valence electrons. The lowest BCUT2D eigenvalue weighted by Gasteiger charge is -2.22. The topological polar surface area (TPSA) is 156 Å². The highest BCUT2D eigenvalue weighted by molar-refractivity contribution is 7.88. The molecule has 1 aliphatic rings. The van der Waals surface area contributed by atoms with Crippen molar-refractivity contribution in [3.8, 4) is 0 Å². The van der Waals surface area contributed by atoms with E-state index in [0.717, 1.165) is 24.3 Å². The zero-order chi connectivity index (χ0) is 21.2. The number of hydrogen-bond acceptors (Lipinski definition) is 7. The Morgan fingerprint density at radius 3 is 2.14 bits per heavy atom. The van der Waals surface area contributed by atoms with Crippen molar-refractivity contribution in [3.05, 3.63) is 71.4 Å². The Kier molecular flexibility index (Phi) is 4.00. The normalized spacial score (nSPS) is 19.5. The van der Waals surface area contributed by atoms with E-state index in [1.807, 2.05) is 0 Å². The molecule has 0 bridgehead atoms. The molecule has 1 heterocycles. The average Bonchev–Trinajstić information content (AvgIpc) is 2.88. The quantitative estimate of drug-likeness (QED) is 0.463. The van der Waals surface area contributed by atoms with Crippen LogP contribution in [0, 0.1) is 0 Å². The monoisotopic (exact) mass is 433 g/mol. The number of Topliss-reactive ketones (excluding diaryl/α,β-unsaturated/α-hetero) is 2. The van der Waals surface area contributed by atoms with Gasteiger partial charge in [-0.3, -0.25) is 23.7 Å². The second kappa shape index (κ2) is 6.00. The summed E-state index contributed by atoms with van der Waals surface area (Å²) in [4.78, 5) is 29.5. The van der Waals surface area contributed by atoms with Crippen LogP contribution in [-0.4, -0.2) is 42.5 Å². The molecule has 29 heavy (non-hydrogen) atoms. The molecule has 11 heteroatoms. The number of aromatic nitrogens is 1. The number of benzene rings is 2. The predicted octanol–water partition coefficient (Wildman–Crippen LogP) is 1.64. The summed E-state index contributed by atoms with van der Waals surface area (Å²) in [5.74, 6) is -2.86. The molecule has 0 amide bonds. The van der Waals surface area contributed by atoms with E-state index in [-0.39, 0.29) is 5.52 Å². The van der Waals surface area contributed by atoms with E-state index in [4.69, 9.17) is 0 Å². The van der Waals surface area contributed by atoms with Crippen molar-refractivity contribution < 1.29 is 35.5 Å². The number of para-hydroxylation sites is 1. The van der Waals surface area contributed by atoms with Crippen molar-refractivity contribution in [3.63, 3.8) is 0 Å². The highest BCUT2D eigenvalue weighted by Gasteiger charge is 2.65. The SMILES string of the molecule is O=C1c2cccc(S(=O)(=O)O)c2C(=O)C1(c1ccc2ccccc2n1)S(=O)(=O)O. The first kappa shape index (κ1) is 19.3. The first-order valence-corrected chi connectivity index (χ1v) is 10.9. The fourth-order valence-electron chi connectivity index (χ4n) is 3.50. The lowest BCUT2D eigenvalue weighted by molar-refractivity contribution is 0.0850. The zero-order valence-corrected chi connectivity index (χ0v) is 15.9. The number of hydrogen-bond donors (Lipinski definition) is 2. The number of carbonyl (C=O) groups is 2. The molecule has 0 radical (unpaired) electrons. The van der Waals surface area contributed by atoms with Crippen LogP contribution in [-0.2, 0) is 25.0 Å². The van der Waals surface area contributed by atoms with E-state index >= 15 is 0 Å². The van der Waals surface area contributed by atoms with Crippen molar-refractivity contribution in [1.82, 2.24) is 4.98 Å². The van der Waals surface area contributed by atoms with Gasteiger partial charge in [0.15, 0.2) is 0 Å². The summed E-state index contributed by atoms with van der Waals surface area (Å²) in [6.07, 6.45) is 0. The molecule has 0 aliphatic heterocycles. The Morgan fingerprint density at radius 2 is 1.48 bits per heavy atom. The number of pyridine rings is 1. The summed E-state index contributed by atoms with van der Waals surface area (Å²) in [7, 11) is -10.4. The first-order chi connectivity index (χ1) is 13.5. The fraction of sp³-hybridized carbons (Fsp3) is 0.0556. The van der Waals surface area contributed by atoms with E-state index in [1.54, 1.807) is 18.2 Å². The lowest BCUT2D eigenvalue weighted by atomic mass is 9.97. The Balaban J connectivity index is 2.12. The molecule has 1 unspecified atom stereocenters. The predicted molar refractivity (Wildman–Crippen MR) is 99.9 cm³/mol. The Morgan fingerprint density at radius 1 is 0.793 bits per heavy atom. The Bertz CT molecular complexity index is 1440. The van der Waals surface area contributed by atoms with Crippen LogP contribution in [0.15, 0.2) is 59.5 Å².